The Bertz CT molecular complexity index is 1740. The molecule has 1 aliphatic heterocycles. The molecule has 0 aliphatic carbocycles. The van der Waals surface area contributed by atoms with Crippen molar-refractivity contribution < 1.29 is 32.9 Å². The zero-order valence-corrected chi connectivity index (χ0v) is 24.8. The van der Waals surface area contributed by atoms with Crippen molar-refractivity contribution in [2.75, 3.05) is 26.6 Å². The highest BCUT2D eigenvalue weighted by molar-refractivity contribution is 6.31. The standard InChI is InChI=1S/C34H28ClFN2O6/c1-41-29-15-11-22(19-30(29)42-2)34(17-6-18-37-34)33(40)38-24-14-16-28(26(20-24)32(39)43-3)44-31(21-9-12-23(36)13-10-21)25-7-4-5-8-27(25)35/h4-20,31H,1-3H3,(H,38,40). The highest BCUT2D eigenvalue weighted by Gasteiger charge is 2.39. The number of nitrogens with zero attached hydrogens (tertiary/aromatic N) is 1. The van der Waals surface area contributed by atoms with Gasteiger partial charge in [-0.25, -0.2) is 9.18 Å². The smallest absolute Gasteiger partial charge is 0.341 e. The molecule has 44 heavy (non-hydrogen) atoms. The zero-order valence-electron chi connectivity index (χ0n) is 24.0. The molecule has 4 aromatic carbocycles. The number of halogens is 2. The number of aliphatic imine (C=N–C) groups is 1. The van der Waals surface area contributed by atoms with Crippen molar-refractivity contribution in [2.45, 2.75) is 11.6 Å². The van der Waals surface area contributed by atoms with Gasteiger partial charge in [-0.05, 0) is 71.8 Å². The summed E-state index contributed by atoms with van der Waals surface area (Å²) in [5.41, 5.74) is 0.724. The van der Waals surface area contributed by atoms with Gasteiger partial charge in [0.2, 0.25) is 0 Å². The van der Waals surface area contributed by atoms with Gasteiger partial charge in [0.05, 0.1) is 21.3 Å². The molecule has 1 N–H and O–H groups in total. The van der Waals surface area contributed by atoms with Gasteiger partial charge in [0, 0.05) is 22.5 Å². The van der Waals surface area contributed by atoms with Crippen molar-refractivity contribution in [3.05, 3.63) is 130 Å². The third-order valence-electron chi connectivity index (χ3n) is 7.12. The van der Waals surface area contributed by atoms with Crippen LogP contribution in [0.5, 0.6) is 17.2 Å². The van der Waals surface area contributed by atoms with Crippen LogP contribution in [0.25, 0.3) is 0 Å². The number of carbonyl (C=O) groups is 2. The van der Waals surface area contributed by atoms with Gasteiger partial charge < -0.3 is 24.3 Å². The molecule has 5 rings (SSSR count). The molecule has 2 unspecified atom stereocenters. The predicted octanol–water partition coefficient (Wildman–Crippen LogP) is 6.93. The van der Waals surface area contributed by atoms with Crippen LogP contribution < -0.4 is 19.5 Å². The first-order valence-corrected chi connectivity index (χ1v) is 13.8. The normalized spacial score (nSPS) is 15.8. The van der Waals surface area contributed by atoms with Crippen LogP contribution in [-0.4, -0.2) is 39.4 Å². The summed E-state index contributed by atoms with van der Waals surface area (Å²) in [7, 11) is 4.27. The van der Waals surface area contributed by atoms with Crippen molar-refractivity contribution in [3.8, 4) is 17.2 Å². The molecule has 224 valence electrons. The minimum absolute atomic E-state index is 0.0510. The molecule has 0 spiro atoms. The first-order valence-electron chi connectivity index (χ1n) is 13.5. The first kappa shape index (κ1) is 30.3. The van der Waals surface area contributed by atoms with E-state index in [0.717, 1.165) is 0 Å². The molecule has 0 bridgehead atoms. The molecular formula is C34H28ClFN2O6. The molecule has 0 saturated carbocycles. The van der Waals surface area contributed by atoms with Crippen molar-refractivity contribution >= 4 is 35.4 Å². The lowest BCUT2D eigenvalue weighted by Crippen LogP contribution is -2.36. The number of ether oxygens (including phenoxy) is 4. The van der Waals surface area contributed by atoms with Crippen LogP contribution in [0, 0.1) is 5.82 Å². The summed E-state index contributed by atoms with van der Waals surface area (Å²) >= 11 is 6.52. The number of esters is 1. The SMILES string of the molecule is COC(=O)c1cc(NC(=O)C2(c3ccc(OC)c(OC)c3)C=CC=N2)ccc1OC(c1ccc(F)cc1)c1ccccc1Cl. The topological polar surface area (TPSA) is 95.5 Å². The van der Waals surface area contributed by atoms with Crippen LogP contribution in [0.2, 0.25) is 5.02 Å². The maximum absolute atomic E-state index is 13.8. The Labute approximate surface area is 258 Å². The van der Waals surface area contributed by atoms with E-state index in [9.17, 15) is 14.0 Å². The fourth-order valence-corrected chi connectivity index (χ4v) is 5.10. The van der Waals surface area contributed by atoms with Crippen molar-refractivity contribution in [1.82, 2.24) is 0 Å². The second-order valence-corrected chi connectivity index (χ2v) is 10.1. The summed E-state index contributed by atoms with van der Waals surface area (Å²) in [5.74, 6) is -0.462. The molecule has 0 saturated heterocycles. The number of hydrogen-bond donors (Lipinski definition) is 1. The predicted molar refractivity (Wildman–Crippen MR) is 166 cm³/mol. The number of carbonyl (C=O) groups excluding carboxylic acids is 2. The van der Waals surface area contributed by atoms with Crippen molar-refractivity contribution in [2.24, 2.45) is 4.99 Å². The minimum Gasteiger partial charge on any atom is -0.493 e. The third kappa shape index (κ3) is 6.00. The van der Waals surface area contributed by atoms with Crippen LogP contribution in [0.4, 0.5) is 10.1 Å². The zero-order chi connectivity index (χ0) is 31.3. The van der Waals surface area contributed by atoms with Gasteiger partial charge in [0.15, 0.2) is 23.1 Å². The van der Waals surface area contributed by atoms with E-state index in [0.29, 0.717) is 38.9 Å². The average Bonchev–Trinajstić information content (AvgIpc) is 3.56. The number of rotatable bonds is 10. The fraction of sp³-hybridized carbons (Fsp3) is 0.147. The van der Waals surface area contributed by atoms with Crippen molar-refractivity contribution in [1.29, 1.82) is 0 Å². The average molecular weight is 615 g/mol. The number of nitrogens with one attached hydrogen (secondary N) is 1. The Morgan fingerprint density at radius 1 is 0.886 bits per heavy atom. The lowest BCUT2D eigenvalue weighted by molar-refractivity contribution is -0.119. The Morgan fingerprint density at radius 2 is 1.61 bits per heavy atom. The second-order valence-electron chi connectivity index (χ2n) is 9.70. The van der Waals surface area contributed by atoms with E-state index in [2.05, 4.69) is 10.3 Å². The van der Waals surface area contributed by atoms with E-state index in [1.807, 2.05) is 0 Å². The number of allylic oxidation sites excluding steroid dienone is 1. The molecule has 0 fully saturated rings. The molecule has 2 atom stereocenters. The number of hydrogen-bond acceptors (Lipinski definition) is 7. The van der Waals surface area contributed by atoms with Crippen LogP contribution in [0.3, 0.4) is 0 Å². The van der Waals surface area contributed by atoms with Crippen molar-refractivity contribution in [3.63, 3.8) is 0 Å². The summed E-state index contributed by atoms with van der Waals surface area (Å²) < 4.78 is 35.9. The quantitative estimate of drug-likeness (QED) is 0.195. The summed E-state index contributed by atoms with van der Waals surface area (Å²) in [6, 6.07) is 22.6. The summed E-state index contributed by atoms with van der Waals surface area (Å²) in [6.45, 7) is 0. The lowest BCUT2D eigenvalue weighted by atomic mass is 9.89. The molecule has 1 aliphatic rings. The summed E-state index contributed by atoms with van der Waals surface area (Å²) in [6.07, 6.45) is 4.09. The van der Waals surface area contributed by atoms with Gasteiger partial charge in [-0.15, -0.1) is 0 Å². The molecule has 10 heteroatoms. The molecule has 1 amide bonds. The molecule has 0 radical (unpaired) electrons. The largest absolute Gasteiger partial charge is 0.493 e. The summed E-state index contributed by atoms with van der Waals surface area (Å²) in [4.78, 5) is 31.2. The van der Waals surface area contributed by atoms with Gasteiger partial charge in [-0.1, -0.05) is 48.0 Å². The second kappa shape index (κ2) is 13.0. The Hall–Kier alpha value is -5.15. The Balaban J connectivity index is 1.50. The van der Waals surface area contributed by atoms with Gasteiger partial charge in [-0.3, -0.25) is 9.79 Å². The van der Waals surface area contributed by atoms with Crippen LogP contribution in [-0.2, 0) is 15.1 Å². The number of methoxy groups -OCH3 is 3. The van der Waals surface area contributed by atoms with E-state index in [1.54, 1.807) is 78.9 Å². The number of anilines is 1. The fourth-order valence-electron chi connectivity index (χ4n) is 4.87. The van der Waals surface area contributed by atoms with Gasteiger partial charge in [0.1, 0.15) is 17.1 Å². The minimum atomic E-state index is -1.39. The van der Waals surface area contributed by atoms with E-state index >= 15 is 0 Å². The monoisotopic (exact) mass is 614 g/mol. The van der Waals surface area contributed by atoms with E-state index < -0.39 is 29.3 Å². The molecule has 8 nitrogen and oxygen atoms in total. The maximum atomic E-state index is 13.8. The van der Waals surface area contributed by atoms with Crippen LogP contribution >= 0.6 is 11.6 Å². The van der Waals surface area contributed by atoms with E-state index in [1.165, 1.54) is 45.7 Å². The van der Waals surface area contributed by atoms with Gasteiger partial charge in [-0.2, -0.15) is 0 Å². The first-order chi connectivity index (χ1) is 21.3. The lowest BCUT2D eigenvalue weighted by Gasteiger charge is -2.25. The van der Waals surface area contributed by atoms with E-state index in [4.69, 9.17) is 30.5 Å². The Kier molecular flexibility index (Phi) is 8.96. The van der Waals surface area contributed by atoms with Crippen LogP contribution in [0.15, 0.2) is 102 Å². The van der Waals surface area contributed by atoms with Gasteiger partial charge >= 0.3 is 5.97 Å². The number of benzene rings is 4. The highest BCUT2D eigenvalue weighted by atomic mass is 35.5. The number of amides is 1. The molecule has 4 aromatic rings. The van der Waals surface area contributed by atoms with E-state index in [-0.39, 0.29) is 11.3 Å². The molecule has 1 heterocycles. The third-order valence-corrected chi connectivity index (χ3v) is 7.46. The molecule has 0 aromatic heterocycles. The van der Waals surface area contributed by atoms with Gasteiger partial charge in [0.25, 0.3) is 5.91 Å². The Morgan fingerprint density at radius 3 is 2.27 bits per heavy atom. The maximum Gasteiger partial charge on any atom is 0.341 e. The summed E-state index contributed by atoms with van der Waals surface area (Å²) in [5, 5.41) is 3.29. The highest BCUT2D eigenvalue weighted by Crippen LogP contribution is 2.39. The van der Waals surface area contributed by atoms with Crippen LogP contribution in [0.1, 0.15) is 33.2 Å². The molecular weight excluding hydrogens is 587 g/mol.